The van der Waals surface area contributed by atoms with Crippen LogP contribution in [-0.4, -0.2) is 50.9 Å². The van der Waals surface area contributed by atoms with Crippen LogP contribution in [0.5, 0.6) is 0 Å². The fourth-order valence-corrected chi connectivity index (χ4v) is 3.55. The maximum atomic E-state index is 4.79. The highest BCUT2D eigenvalue weighted by Crippen LogP contribution is 2.27. The molecule has 0 atom stereocenters. The fourth-order valence-electron chi connectivity index (χ4n) is 3.55. The third-order valence-electron chi connectivity index (χ3n) is 5.06. The van der Waals surface area contributed by atoms with Gasteiger partial charge in [-0.25, -0.2) is 9.97 Å². The first-order valence-corrected chi connectivity index (χ1v) is 9.44. The number of pyridine rings is 1. The summed E-state index contributed by atoms with van der Waals surface area (Å²) in [5.74, 6) is 0.781. The van der Waals surface area contributed by atoms with E-state index in [2.05, 4.69) is 43.5 Å². The Morgan fingerprint density at radius 1 is 0.929 bits per heavy atom. The van der Waals surface area contributed by atoms with Crippen molar-refractivity contribution in [3.8, 4) is 22.4 Å². The molecular formula is C21H21N7. The van der Waals surface area contributed by atoms with Gasteiger partial charge in [-0.3, -0.25) is 9.67 Å². The van der Waals surface area contributed by atoms with Crippen LogP contribution >= 0.6 is 0 Å². The molecule has 4 aromatic rings. The summed E-state index contributed by atoms with van der Waals surface area (Å²) in [4.78, 5) is 16.1. The van der Waals surface area contributed by atoms with Crippen LogP contribution in [0.15, 0.2) is 55.1 Å². The maximum absolute atomic E-state index is 4.79. The van der Waals surface area contributed by atoms with Crippen molar-refractivity contribution < 1.29 is 0 Å². The molecule has 1 aliphatic heterocycles. The largest absolute Gasteiger partial charge is 0.338 e. The number of aromatic nitrogens is 5. The molecule has 1 aliphatic rings. The van der Waals surface area contributed by atoms with Crippen LogP contribution in [0.25, 0.3) is 33.3 Å². The molecule has 1 aromatic carbocycles. The number of aryl methyl sites for hydroxylation is 1. The van der Waals surface area contributed by atoms with Gasteiger partial charge in [-0.1, -0.05) is 6.07 Å². The van der Waals surface area contributed by atoms with Crippen LogP contribution in [0.1, 0.15) is 0 Å². The molecule has 0 radical (unpaired) electrons. The Hall–Kier alpha value is -3.32. The third-order valence-corrected chi connectivity index (χ3v) is 5.06. The molecule has 0 spiro atoms. The van der Waals surface area contributed by atoms with Gasteiger partial charge in [0.1, 0.15) is 0 Å². The summed E-state index contributed by atoms with van der Waals surface area (Å²) >= 11 is 0. The molecular weight excluding hydrogens is 350 g/mol. The summed E-state index contributed by atoms with van der Waals surface area (Å²) < 4.78 is 1.81. The number of fused-ring (bicyclic) bond motifs is 1. The van der Waals surface area contributed by atoms with Gasteiger partial charge in [0, 0.05) is 68.3 Å². The zero-order valence-electron chi connectivity index (χ0n) is 15.7. The quantitative estimate of drug-likeness (QED) is 0.597. The van der Waals surface area contributed by atoms with Crippen LogP contribution in [-0.2, 0) is 7.05 Å². The number of piperazine rings is 1. The lowest BCUT2D eigenvalue weighted by molar-refractivity contribution is 0.580. The minimum Gasteiger partial charge on any atom is -0.338 e. The van der Waals surface area contributed by atoms with Crippen molar-refractivity contribution in [2.75, 3.05) is 31.1 Å². The normalized spacial score (nSPS) is 14.5. The van der Waals surface area contributed by atoms with Crippen molar-refractivity contribution in [3.05, 3.63) is 55.1 Å². The van der Waals surface area contributed by atoms with E-state index in [0.717, 1.165) is 65.4 Å². The molecule has 0 unspecified atom stereocenters. The van der Waals surface area contributed by atoms with Crippen molar-refractivity contribution in [2.24, 2.45) is 7.05 Å². The Morgan fingerprint density at radius 3 is 2.61 bits per heavy atom. The van der Waals surface area contributed by atoms with Gasteiger partial charge in [-0.15, -0.1) is 0 Å². The number of benzene rings is 1. The average molecular weight is 371 g/mol. The van der Waals surface area contributed by atoms with Gasteiger partial charge in [0.05, 0.1) is 17.4 Å². The van der Waals surface area contributed by atoms with E-state index in [4.69, 9.17) is 4.98 Å². The van der Waals surface area contributed by atoms with E-state index in [0.29, 0.717) is 0 Å². The third kappa shape index (κ3) is 3.20. The fraction of sp³-hybridized carbons (Fsp3) is 0.238. The number of nitrogens with one attached hydrogen (secondary N) is 1. The number of hydrogen-bond acceptors (Lipinski definition) is 6. The zero-order chi connectivity index (χ0) is 18.9. The summed E-state index contributed by atoms with van der Waals surface area (Å²) in [7, 11) is 1.93. The highest BCUT2D eigenvalue weighted by atomic mass is 15.3. The number of nitrogens with zero attached hydrogens (tertiary/aromatic N) is 6. The van der Waals surface area contributed by atoms with E-state index in [1.807, 2.05) is 48.6 Å². The van der Waals surface area contributed by atoms with Gasteiger partial charge < -0.3 is 10.2 Å². The average Bonchev–Trinajstić information content (AvgIpc) is 3.20. The van der Waals surface area contributed by atoms with Crippen LogP contribution in [0.3, 0.4) is 0 Å². The Bertz CT molecular complexity index is 1130. The molecule has 0 saturated carbocycles. The second kappa shape index (κ2) is 7.01. The highest BCUT2D eigenvalue weighted by molar-refractivity contribution is 5.87. The number of rotatable bonds is 3. The predicted molar refractivity (Wildman–Crippen MR) is 110 cm³/mol. The van der Waals surface area contributed by atoms with E-state index in [1.54, 1.807) is 0 Å². The summed E-state index contributed by atoms with van der Waals surface area (Å²) in [5.41, 5.74) is 5.08. The van der Waals surface area contributed by atoms with Crippen LogP contribution in [0.4, 0.5) is 5.95 Å². The first-order valence-electron chi connectivity index (χ1n) is 9.44. The highest BCUT2D eigenvalue weighted by Gasteiger charge is 2.14. The molecule has 0 bridgehead atoms. The number of hydrogen-bond donors (Lipinski definition) is 1. The van der Waals surface area contributed by atoms with Gasteiger partial charge in [0.25, 0.3) is 0 Å². The smallest absolute Gasteiger partial charge is 0.225 e. The van der Waals surface area contributed by atoms with Crippen molar-refractivity contribution in [1.82, 2.24) is 30.0 Å². The van der Waals surface area contributed by atoms with E-state index >= 15 is 0 Å². The second-order valence-corrected chi connectivity index (χ2v) is 7.01. The Morgan fingerprint density at radius 2 is 1.79 bits per heavy atom. The van der Waals surface area contributed by atoms with Gasteiger partial charge >= 0.3 is 0 Å². The first kappa shape index (κ1) is 16.8. The Labute approximate surface area is 163 Å². The summed E-state index contributed by atoms with van der Waals surface area (Å²) in [5, 5.41) is 8.71. The second-order valence-electron chi connectivity index (χ2n) is 7.01. The van der Waals surface area contributed by atoms with Crippen molar-refractivity contribution in [3.63, 3.8) is 0 Å². The molecule has 7 nitrogen and oxygen atoms in total. The van der Waals surface area contributed by atoms with Crippen molar-refractivity contribution in [2.45, 2.75) is 0 Å². The van der Waals surface area contributed by atoms with Crippen molar-refractivity contribution in [1.29, 1.82) is 0 Å². The molecule has 1 fully saturated rings. The lowest BCUT2D eigenvalue weighted by Crippen LogP contribution is -2.44. The van der Waals surface area contributed by atoms with E-state index in [1.165, 1.54) is 0 Å². The molecule has 4 heterocycles. The number of anilines is 1. The van der Waals surface area contributed by atoms with Gasteiger partial charge in [-0.05, 0) is 29.8 Å². The molecule has 0 aliphatic carbocycles. The Kier molecular flexibility index (Phi) is 4.21. The van der Waals surface area contributed by atoms with E-state index < -0.39 is 0 Å². The minimum absolute atomic E-state index is 0.781. The molecule has 1 N–H and O–H groups in total. The monoisotopic (exact) mass is 371 g/mol. The summed E-state index contributed by atoms with van der Waals surface area (Å²) in [6.07, 6.45) is 7.61. The van der Waals surface area contributed by atoms with E-state index in [9.17, 15) is 0 Å². The van der Waals surface area contributed by atoms with Gasteiger partial charge in [0.15, 0.2) is 0 Å². The van der Waals surface area contributed by atoms with Crippen LogP contribution in [0, 0.1) is 0 Å². The Balaban J connectivity index is 1.52. The lowest BCUT2D eigenvalue weighted by atomic mass is 10.0. The van der Waals surface area contributed by atoms with Gasteiger partial charge in [0.2, 0.25) is 5.95 Å². The molecule has 140 valence electrons. The maximum Gasteiger partial charge on any atom is 0.225 e. The molecule has 0 amide bonds. The topological polar surface area (TPSA) is 71.8 Å². The molecule has 28 heavy (non-hydrogen) atoms. The minimum atomic E-state index is 0.781. The van der Waals surface area contributed by atoms with Crippen molar-refractivity contribution >= 4 is 16.9 Å². The van der Waals surface area contributed by atoms with Gasteiger partial charge in [-0.2, -0.15) is 5.10 Å². The molecule has 1 saturated heterocycles. The van der Waals surface area contributed by atoms with E-state index in [-0.39, 0.29) is 0 Å². The summed E-state index contributed by atoms with van der Waals surface area (Å²) in [6.45, 7) is 3.77. The zero-order valence-corrected chi connectivity index (χ0v) is 15.7. The predicted octanol–water partition coefficient (Wildman–Crippen LogP) is 2.50. The van der Waals surface area contributed by atoms with Crippen LogP contribution < -0.4 is 10.2 Å². The first-order chi connectivity index (χ1) is 13.8. The molecule has 3 aromatic heterocycles. The lowest BCUT2D eigenvalue weighted by Gasteiger charge is -2.27. The standard InChI is InChI=1S/C21H21N7/c1-27-14-18(13-25-27)15-2-3-19-16(10-15)11-17(12-24-19)20-4-5-23-21(26-20)28-8-6-22-7-9-28/h2-5,10-14,22H,6-9H2,1H3. The summed E-state index contributed by atoms with van der Waals surface area (Å²) in [6, 6.07) is 10.4. The molecule has 5 rings (SSSR count). The molecule has 7 heteroatoms. The SMILES string of the molecule is Cn1cc(-c2ccc3ncc(-c4ccnc(N5CCNCC5)n4)cc3c2)cn1. The van der Waals surface area contributed by atoms with Crippen LogP contribution in [0.2, 0.25) is 0 Å².